The van der Waals surface area contributed by atoms with E-state index in [1.165, 1.54) is 23.1 Å². The number of benzene rings is 1. The summed E-state index contributed by atoms with van der Waals surface area (Å²) in [4.78, 5) is 0. The van der Waals surface area contributed by atoms with Crippen molar-refractivity contribution in [3.8, 4) is 5.69 Å². The second kappa shape index (κ2) is 6.01. The lowest BCUT2D eigenvalue weighted by Crippen LogP contribution is -2.23. The monoisotopic (exact) mass is 285 g/mol. The fourth-order valence-corrected chi connectivity index (χ4v) is 1.67. The minimum Gasteiger partial charge on any atom is -0.394 e. The molecule has 3 N–H and O–H groups in total. The number of aromatic nitrogens is 2. The Morgan fingerprint density at radius 3 is 2.84 bits per heavy atom. The summed E-state index contributed by atoms with van der Waals surface area (Å²) in [6, 6.07) is 4.49. The van der Waals surface area contributed by atoms with Crippen molar-refractivity contribution in [1.29, 1.82) is 0 Å². The molecule has 7 heteroatoms. The zero-order chi connectivity index (χ0) is 13.8. The lowest BCUT2D eigenvalue weighted by Gasteiger charge is -2.11. The van der Waals surface area contributed by atoms with Crippen LogP contribution in [0, 0.1) is 5.82 Å². The van der Waals surface area contributed by atoms with Crippen LogP contribution in [0.3, 0.4) is 0 Å². The van der Waals surface area contributed by atoms with Crippen LogP contribution in [-0.2, 0) is 0 Å². The summed E-state index contributed by atoms with van der Waals surface area (Å²) < 4.78 is 15.2. The highest BCUT2D eigenvalue weighted by Crippen LogP contribution is 2.19. The van der Waals surface area contributed by atoms with Gasteiger partial charge in [-0.05, 0) is 18.2 Å². The van der Waals surface area contributed by atoms with Crippen LogP contribution in [-0.4, -0.2) is 39.2 Å². The molecule has 0 spiro atoms. The Balaban J connectivity index is 2.13. The van der Waals surface area contributed by atoms with Crippen molar-refractivity contribution in [2.45, 2.75) is 6.10 Å². The third-order valence-corrected chi connectivity index (χ3v) is 2.69. The van der Waals surface area contributed by atoms with E-state index in [4.69, 9.17) is 16.7 Å². The molecule has 1 heterocycles. The van der Waals surface area contributed by atoms with Crippen molar-refractivity contribution in [3.63, 3.8) is 0 Å². The molecule has 1 unspecified atom stereocenters. The predicted molar refractivity (Wildman–Crippen MR) is 70.1 cm³/mol. The number of hydrogen-bond acceptors (Lipinski definition) is 4. The molecule has 2 rings (SSSR count). The summed E-state index contributed by atoms with van der Waals surface area (Å²) in [7, 11) is 0. The molecule has 0 aliphatic heterocycles. The Morgan fingerprint density at radius 2 is 2.26 bits per heavy atom. The Hall–Kier alpha value is -1.63. The number of nitrogens with one attached hydrogen (secondary N) is 1. The van der Waals surface area contributed by atoms with E-state index in [-0.39, 0.29) is 18.8 Å². The second-order valence-corrected chi connectivity index (χ2v) is 4.42. The summed E-state index contributed by atoms with van der Waals surface area (Å²) in [6.07, 6.45) is 2.04. The standard InChI is InChI=1S/C12H13ClFN3O2/c13-8-4-16-17(6-8)12-2-1-9(3-11(12)14)15-5-10(19)7-18/h1-4,6,10,15,18-19H,5,7H2. The van der Waals surface area contributed by atoms with Gasteiger partial charge in [0, 0.05) is 18.4 Å². The first-order valence-corrected chi connectivity index (χ1v) is 6.01. The van der Waals surface area contributed by atoms with Crippen LogP contribution < -0.4 is 5.32 Å². The number of hydrogen-bond donors (Lipinski definition) is 3. The van der Waals surface area contributed by atoms with Crippen molar-refractivity contribution >= 4 is 17.3 Å². The van der Waals surface area contributed by atoms with Gasteiger partial charge in [0.25, 0.3) is 0 Å². The molecule has 0 radical (unpaired) electrons. The molecule has 0 saturated carbocycles. The molecule has 102 valence electrons. The molecule has 19 heavy (non-hydrogen) atoms. The molecule has 2 aromatic rings. The molecule has 1 aromatic heterocycles. The number of rotatable bonds is 5. The van der Waals surface area contributed by atoms with Gasteiger partial charge in [-0.2, -0.15) is 5.10 Å². The maximum Gasteiger partial charge on any atom is 0.150 e. The molecule has 0 amide bonds. The van der Waals surface area contributed by atoms with E-state index in [9.17, 15) is 9.50 Å². The lowest BCUT2D eigenvalue weighted by molar-refractivity contribution is 0.105. The number of aliphatic hydroxyl groups is 2. The van der Waals surface area contributed by atoms with E-state index in [1.807, 2.05) is 0 Å². The Kier molecular flexibility index (Phi) is 4.36. The largest absolute Gasteiger partial charge is 0.394 e. The van der Waals surface area contributed by atoms with Crippen molar-refractivity contribution < 1.29 is 14.6 Å². The summed E-state index contributed by atoms with van der Waals surface area (Å²) in [6.45, 7) is -0.206. The fourth-order valence-electron chi connectivity index (χ4n) is 1.54. The molecule has 5 nitrogen and oxygen atoms in total. The minimum absolute atomic E-state index is 0.142. The summed E-state index contributed by atoms with van der Waals surface area (Å²) in [5.41, 5.74) is 0.784. The summed E-state index contributed by atoms with van der Waals surface area (Å²) in [5.74, 6) is -0.469. The van der Waals surface area contributed by atoms with Crippen LogP contribution in [0.15, 0.2) is 30.6 Å². The topological polar surface area (TPSA) is 70.3 Å². The molecule has 1 aromatic carbocycles. The SMILES string of the molecule is OCC(O)CNc1ccc(-n2cc(Cl)cn2)c(F)c1. The van der Waals surface area contributed by atoms with Gasteiger partial charge in [0.1, 0.15) is 5.69 Å². The van der Waals surface area contributed by atoms with E-state index in [2.05, 4.69) is 10.4 Å². The first-order chi connectivity index (χ1) is 9.10. The third-order valence-electron chi connectivity index (χ3n) is 2.50. The van der Waals surface area contributed by atoms with Crippen LogP contribution in [0.1, 0.15) is 0 Å². The number of aliphatic hydroxyl groups excluding tert-OH is 2. The number of nitrogens with zero attached hydrogens (tertiary/aromatic N) is 2. The van der Waals surface area contributed by atoms with Crippen LogP contribution in [0.2, 0.25) is 5.02 Å². The number of halogens is 2. The van der Waals surface area contributed by atoms with Crippen molar-refractivity contribution in [1.82, 2.24) is 9.78 Å². The summed E-state index contributed by atoms with van der Waals surface area (Å²) in [5, 5.41) is 25.0. The quantitative estimate of drug-likeness (QED) is 0.777. The van der Waals surface area contributed by atoms with Crippen LogP contribution in [0.25, 0.3) is 5.69 Å². The Morgan fingerprint density at radius 1 is 1.47 bits per heavy atom. The van der Waals surface area contributed by atoms with Crippen LogP contribution in [0.4, 0.5) is 10.1 Å². The van der Waals surface area contributed by atoms with Gasteiger partial charge in [-0.3, -0.25) is 0 Å². The van der Waals surface area contributed by atoms with Crippen molar-refractivity contribution in [2.24, 2.45) is 0 Å². The van der Waals surface area contributed by atoms with E-state index in [0.29, 0.717) is 10.7 Å². The molecule has 0 aliphatic carbocycles. The molecular formula is C12H13ClFN3O2. The van der Waals surface area contributed by atoms with Crippen molar-refractivity contribution in [3.05, 3.63) is 41.4 Å². The zero-order valence-corrected chi connectivity index (χ0v) is 10.7. The summed E-state index contributed by atoms with van der Waals surface area (Å²) >= 11 is 5.72. The highest BCUT2D eigenvalue weighted by atomic mass is 35.5. The van der Waals surface area contributed by atoms with Gasteiger partial charge in [0.2, 0.25) is 0 Å². The average Bonchev–Trinajstić information content (AvgIpc) is 2.82. The maximum atomic E-state index is 13.9. The average molecular weight is 286 g/mol. The van der Waals surface area contributed by atoms with E-state index in [1.54, 1.807) is 12.1 Å². The minimum atomic E-state index is -0.882. The van der Waals surface area contributed by atoms with E-state index < -0.39 is 11.9 Å². The zero-order valence-electron chi connectivity index (χ0n) is 9.92. The molecule has 0 aliphatic rings. The normalized spacial score (nSPS) is 12.4. The molecule has 0 fully saturated rings. The fraction of sp³-hybridized carbons (Fsp3) is 0.250. The maximum absolute atomic E-state index is 13.9. The van der Waals surface area contributed by atoms with Gasteiger partial charge >= 0.3 is 0 Å². The lowest BCUT2D eigenvalue weighted by atomic mass is 10.2. The second-order valence-electron chi connectivity index (χ2n) is 3.99. The smallest absolute Gasteiger partial charge is 0.150 e. The third kappa shape index (κ3) is 3.44. The van der Waals surface area contributed by atoms with Gasteiger partial charge in [0.15, 0.2) is 5.82 Å². The first kappa shape index (κ1) is 13.8. The first-order valence-electron chi connectivity index (χ1n) is 5.63. The van der Waals surface area contributed by atoms with E-state index >= 15 is 0 Å². The van der Waals surface area contributed by atoms with Gasteiger partial charge in [-0.1, -0.05) is 11.6 Å². The highest BCUT2D eigenvalue weighted by molar-refractivity contribution is 6.30. The van der Waals surface area contributed by atoms with Gasteiger partial charge in [-0.25, -0.2) is 9.07 Å². The molecular weight excluding hydrogens is 273 g/mol. The van der Waals surface area contributed by atoms with Gasteiger partial charge in [0.05, 0.1) is 23.9 Å². The van der Waals surface area contributed by atoms with Crippen LogP contribution >= 0.6 is 11.6 Å². The molecule has 0 bridgehead atoms. The molecule has 0 saturated heterocycles. The predicted octanol–water partition coefficient (Wildman–Crippen LogP) is 1.43. The van der Waals surface area contributed by atoms with Gasteiger partial charge in [-0.15, -0.1) is 0 Å². The number of anilines is 1. The molecule has 1 atom stereocenters. The van der Waals surface area contributed by atoms with E-state index in [0.717, 1.165) is 0 Å². The van der Waals surface area contributed by atoms with Crippen molar-refractivity contribution in [2.75, 3.05) is 18.5 Å². The van der Waals surface area contributed by atoms with Gasteiger partial charge < -0.3 is 15.5 Å². The Bertz CT molecular complexity index is 562. The highest BCUT2D eigenvalue weighted by Gasteiger charge is 2.08. The van der Waals surface area contributed by atoms with Crippen LogP contribution in [0.5, 0.6) is 0 Å². The Labute approximate surface area is 114 Å².